The van der Waals surface area contributed by atoms with Crippen molar-refractivity contribution in [3.8, 4) is 0 Å². The van der Waals surface area contributed by atoms with E-state index in [1.165, 1.54) is 6.08 Å². The molecule has 0 bridgehead atoms. The summed E-state index contributed by atoms with van der Waals surface area (Å²) in [6.45, 7) is 0. The Bertz CT molecular complexity index is 752. The van der Waals surface area contributed by atoms with E-state index in [4.69, 9.17) is 17.3 Å². The van der Waals surface area contributed by atoms with Gasteiger partial charge in [-0.15, -0.1) is 5.10 Å². The van der Waals surface area contributed by atoms with Gasteiger partial charge in [0.1, 0.15) is 5.70 Å². The molecule has 0 aliphatic heterocycles. The second kappa shape index (κ2) is 7.48. The number of aliphatic carboxylic acids is 1. The number of hydrogen-bond donors (Lipinski definition) is 4. The molecule has 0 spiro atoms. The van der Waals surface area contributed by atoms with Gasteiger partial charge in [-0.3, -0.25) is 10.4 Å². The fourth-order valence-electron chi connectivity index (χ4n) is 1.56. The number of aromatic amines is 1. The van der Waals surface area contributed by atoms with Crippen LogP contribution in [0.5, 0.6) is 0 Å². The molecule has 114 valence electrons. The van der Waals surface area contributed by atoms with Crippen LogP contribution in [-0.2, 0) is 11.2 Å². The number of hydrogen-bond acceptors (Lipinski definition) is 5. The van der Waals surface area contributed by atoms with Crippen molar-refractivity contribution in [3.63, 3.8) is 0 Å². The lowest BCUT2D eigenvalue weighted by atomic mass is 10.1. The van der Waals surface area contributed by atoms with Gasteiger partial charge in [-0.05, 0) is 30.3 Å². The highest BCUT2D eigenvalue weighted by atomic mass is 32.1. The van der Waals surface area contributed by atoms with E-state index in [1.54, 1.807) is 0 Å². The number of amides is 2. The summed E-state index contributed by atoms with van der Waals surface area (Å²) in [6, 6.07) is 8.62. The van der Waals surface area contributed by atoms with E-state index < -0.39 is 12.0 Å². The largest absolute Gasteiger partial charge is 0.477 e. The molecule has 0 atom stereocenters. The van der Waals surface area contributed by atoms with Crippen molar-refractivity contribution >= 4 is 40.7 Å². The molecule has 0 aliphatic rings. The van der Waals surface area contributed by atoms with Gasteiger partial charge in [0, 0.05) is 0 Å². The lowest BCUT2D eigenvalue weighted by Gasteiger charge is -2.06. The normalized spacial score (nSPS) is 11.0. The van der Waals surface area contributed by atoms with Crippen LogP contribution in [0.15, 0.2) is 42.1 Å². The summed E-state index contributed by atoms with van der Waals surface area (Å²) < 4.78 is 0.411. The summed E-state index contributed by atoms with van der Waals surface area (Å²) in [6.07, 6.45) is 1.83. The van der Waals surface area contributed by atoms with Crippen molar-refractivity contribution in [1.29, 1.82) is 0 Å². The fraction of sp³-hybridized carbons (Fsp3) is 0.0769. The first-order valence-corrected chi connectivity index (χ1v) is 7.38. The summed E-state index contributed by atoms with van der Waals surface area (Å²) in [7, 11) is 0. The minimum atomic E-state index is -1.22. The van der Waals surface area contributed by atoms with Crippen molar-refractivity contribution in [2.24, 2.45) is 0 Å². The predicted octanol–water partition coefficient (Wildman–Crippen LogP) is 2.53. The summed E-state index contributed by atoms with van der Waals surface area (Å²) >= 11 is 5.91. The van der Waals surface area contributed by atoms with E-state index in [2.05, 4.69) is 20.8 Å². The molecule has 0 fully saturated rings. The number of nitrogens with zero attached hydrogens (tertiary/aromatic N) is 1. The summed E-state index contributed by atoms with van der Waals surface area (Å²) in [5.74, 6) is -1.22. The molecule has 0 radical (unpaired) electrons. The number of carboxylic acid groups (broad SMARTS) is 1. The zero-order chi connectivity index (χ0) is 15.9. The van der Waals surface area contributed by atoms with Gasteiger partial charge in [-0.1, -0.05) is 41.7 Å². The maximum absolute atomic E-state index is 11.7. The Labute approximate surface area is 134 Å². The number of anilines is 1. The zero-order valence-electron chi connectivity index (χ0n) is 11.2. The number of rotatable bonds is 5. The first-order valence-electron chi connectivity index (χ1n) is 6.15. The molecule has 1 heterocycles. The van der Waals surface area contributed by atoms with Gasteiger partial charge in [0.25, 0.3) is 0 Å². The van der Waals surface area contributed by atoms with Gasteiger partial charge in [0.05, 0.1) is 0 Å². The van der Waals surface area contributed by atoms with E-state index in [1.807, 2.05) is 30.3 Å². The highest BCUT2D eigenvalue weighted by Crippen LogP contribution is 2.10. The number of allylic oxidation sites excluding steroid dienone is 1. The average Bonchev–Trinajstić information content (AvgIpc) is 2.89. The van der Waals surface area contributed by atoms with E-state index >= 15 is 0 Å². The molecule has 7 nitrogen and oxygen atoms in total. The fourth-order valence-corrected chi connectivity index (χ4v) is 2.34. The first kappa shape index (κ1) is 15.9. The molecule has 0 saturated heterocycles. The van der Waals surface area contributed by atoms with Crippen LogP contribution in [0.2, 0.25) is 0 Å². The third-order valence-electron chi connectivity index (χ3n) is 2.52. The van der Waals surface area contributed by atoms with Crippen molar-refractivity contribution in [2.75, 3.05) is 5.32 Å². The Morgan fingerprint density at radius 1 is 1.36 bits per heavy atom. The Morgan fingerprint density at radius 3 is 2.68 bits per heavy atom. The van der Waals surface area contributed by atoms with Gasteiger partial charge >= 0.3 is 12.0 Å². The van der Waals surface area contributed by atoms with Crippen LogP contribution < -0.4 is 10.6 Å². The molecular weight excluding hydrogens is 324 g/mol. The van der Waals surface area contributed by atoms with Crippen LogP contribution in [0.3, 0.4) is 0 Å². The van der Waals surface area contributed by atoms with Crippen LogP contribution >= 0.6 is 23.6 Å². The molecule has 1 aromatic heterocycles. The van der Waals surface area contributed by atoms with Crippen LogP contribution in [0.25, 0.3) is 0 Å². The lowest BCUT2D eigenvalue weighted by molar-refractivity contribution is -0.133. The minimum Gasteiger partial charge on any atom is -0.477 e. The van der Waals surface area contributed by atoms with Gasteiger partial charge in [-0.2, -0.15) is 0 Å². The van der Waals surface area contributed by atoms with E-state index in [0.717, 1.165) is 16.9 Å². The molecule has 22 heavy (non-hydrogen) atoms. The quantitative estimate of drug-likeness (QED) is 0.496. The SMILES string of the molecule is O=C(NC(=CCc1ccccc1)C(=O)O)Nc1n[nH]c(=S)s1. The zero-order valence-corrected chi connectivity index (χ0v) is 12.8. The molecule has 0 saturated carbocycles. The first-order chi connectivity index (χ1) is 10.5. The summed E-state index contributed by atoms with van der Waals surface area (Å²) in [5.41, 5.74) is 0.731. The Kier molecular flexibility index (Phi) is 5.39. The van der Waals surface area contributed by atoms with Crippen LogP contribution in [0.4, 0.5) is 9.93 Å². The Balaban J connectivity index is 2.00. The Morgan fingerprint density at radius 2 is 2.09 bits per heavy atom. The minimum absolute atomic E-state index is 0.208. The monoisotopic (exact) mass is 336 g/mol. The van der Waals surface area contributed by atoms with Gasteiger partial charge in [0.2, 0.25) is 5.13 Å². The van der Waals surface area contributed by atoms with Gasteiger partial charge in [0.15, 0.2) is 3.95 Å². The number of H-pyrrole nitrogens is 1. The molecule has 9 heteroatoms. The van der Waals surface area contributed by atoms with Crippen molar-refractivity contribution < 1.29 is 14.7 Å². The highest BCUT2D eigenvalue weighted by molar-refractivity contribution is 7.73. The molecule has 0 unspecified atom stereocenters. The van der Waals surface area contributed by atoms with Crippen LogP contribution in [-0.4, -0.2) is 27.3 Å². The smallest absolute Gasteiger partial charge is 0.352 e. The number of carbonyl (C=O) groups is 2. The van der Waals surface area contributed by atoms with Gasteiger partial charge in [-0.25, -0.2) is 9.59 Å². The maximum Gasteiger partial charge on any atom is 0.352 e. The third-order valence-corrected chi connectivity index (χ3v) is 3.53. The number of carboxylic acids is 1. The van der Waals surface area contributed by atoms with Crippen molar-refractivity contribution in [3.05, 3.63) is 51.6 Å². The second-order valence-electron chi connectivity index (χ2n) is 4.11. The number of carbonyl (C=O) groups excluding carboxylic acids is 1. The topological polar surface area (TPSA) is 107 Å². The average molecular weight is 336 g/mol. The summed E-state index contributed by atoms with van der Waals surface area (Å²) in [4.78, 5) is 22.9. The molecule has 2 amide bonds. The number of urea groups is 1. The van der Waals surface area contributed by atoms with E-state index in [9.17, 15) is 9.59 Å². The molecule has 0 aliphatic carbocycles. The van der Waals surface area contributed by atoms with E-state index in [0.29, 0.717) is 10.4 Å². The number of benzene rings is 1. The Hall–Kier alpha value is -2.52. The molecule has 2 rings (SSSR count). The van der Waals surface area contributed by atoms with Crippen molar-refractivity contribution in [1.82, 2.24) is 15.5 Å². The maximum atomic E-state index is 11.7. The molecule has 1 aromatic carbocycles. The van der Waals surface area contributed by atoms with Crippen LogP contribution in [0.1, 0.15) is 5.56 Å². The molecular formula is C13H12N4O3S2. The predicted molar refractivity (Wildman–Crippen MR) is 85.3 cm³/mol. The third kappa shape index (κ3) is 4.79. The lowest BCUT2D eigenvalue weighted by Crippen LogP contribution is -2.31. The number of nitrogens with one attached hydrogen (secondary N) is 3. The highest BCUT2D eigenvalue weighted by Gasteiger charge is 2.12. The van der Waals surface area contributed by atoms with E-state index in [-0.39, 0.29) is 10.8 Å². The standard InChI is InChI=1S/C13H12N4O3S2/c18-10(19)9(7-6-8-4-2-1-3-5-8)14-11(20)15-12-16-17-13(21)22-12/h1-5,7H,6H2,(H,17,21)(H,18,19)(H2,14,15,16,20). The molecule has 4 N–H and O–H groups in total. The number of aromatic nitrogens is 2. The van der Waals surface area contributed by atoms with Gasteiger partial charge < -0.3 is 10.4 Å². The molecule has 2 aromatic rings. The second-order valence-corrected chi connectivity index (χ2v) is 5.78. The van der Waals surface area contributed by atoms with Crippen molar-refractivity contribution in [2.45, 2.75) is 6.42 Å². The van der Waals surface area contributed by atoms with Crippen LogP contribution in [0, 0.1) is 3.95 Å². The summed E-state index contributed by atoms with van der Waals surface area (Å²) in [5, 5.41) is 20.3.